The minimum absolute atomic E-state index is 0. The van der Waals surface area contributed by atoms with E-state index in [-0.39, 0.29) is 30.3 Å². The van der Waals surface area contributed by atoms with E-state index in [9.17, 15) is 13.2 Å². The van der Waals surface area contributed by atoms with Gasteiger partial charge in [-0.15, -0.1) is 23.7 Å². The van der Waals surface area contributed by atoms with Gasteiger partial charge in [0.05, 0.1) is 0 Å². The molecule has 0 aromatic carbocycles. The largest absolute Gasteiger partial charge is 0.338 e. The van der Waals surface area contributed by atoms with Gasteiger partial charge < -0.3 is 10.6 Å². The van der Waals surface area contributed by atoms with Crippen LogP contribution in [0.25, 0.3) is 0 Å². The van der Waals surface area contributed by atoms with E-state index in [0.717, 1.165) is 11.3 Å². The Kier molecular flexibility index (Phi) is 6.30. The lowest BCUT2D eigenvalue weighted by atomic mass is 9.84. The Balaban J connectivity index is 0.00000208. The van der Waals surface area contributed by atoms with E-state index in [0.29, 0.717) is 43.2 Å². The molecule has 0 aliphatic carbocycles. The number of sulfonamides is 1. The molecule has 3 rings (SSSR count). The molecular weight excluding hydrogens is 370 g/mol. The van der Waals surface area contributed by atoms with E-state index >= 15 is 0 Å². The number of rotatable bonds is 4. The first-order chi connectivity index (χ1) is 10.9. The van der Waals surface area contributed by atoms with Crippen LogP contribution >= 0.6 is 23.7 Å². The third-order valence-electron chi connectivity index (χ3n) is 4.79. The molecule has 9 heteroatoms. The SMILES string of the molecule is Cc1ccc(S(=O)(=O)N2CC[C@@H]3[C@@H](CCC(=O)N3CCN)C2)s1.Cl. The molecule has 0 unspecified atom stereocenters. The minimum Gasteiger partial charge on any atom is -0.338 e. The fourth-order valence-corrected chi connectivity index (χ4v) is 6.59. The number of piperidine rings is 2. The topological polar surface area (TPSA) is 83.7 Å². The van der Waals surface area contributed by atoms with Gasteiger partial charge in [0.15, 0.2) is 0 Å². The van der Waals surface area contributed by atoms with Crippen molar-refractivity contribution < 1.29 is 13.2 Å². The first kappa shape index (κ1) is 19.7. The molecule has 3 heterocycles. The van der Waals surface area contributed by atoms with Crippen LogP contribution in [0.3, 0.4) is 0 Å². The summed E-state index contributed by atoms with van der Waals surface area (Å²) in [7, 11) is -3.41. The number of fused-ring (bicyclic) bond motifs is 1. The number of amides is 1. The summed E-state index contributed by atoms with van der Waals surface area (Å²) in [6, 6.07) is 3.66. The Labute approximate surface area is 153 Å². The zero-order valence-corrected chi connectivity index (χ0v) is 16.1. The zero-order chi connectivity index (χ0) is 16.6. The third kappa shape index (κ3) is 3.62. The number of carbonyl (C=O) groups excluding carboxylic acids is 1. The second-order valence-corrected chi connectivity index (χ2v) is 9.71. The number of thiophene rings is 1. The lowest BCUT2D eigenvalue weighted by Crippen LogP contribution is -2.57. The van der Waals surface area contributed by atoms with Crippen LogP contribution in [0.5, 0.6) is 0 Å². The highest BCUT2D eigenvalue weighted by Gasteiger charge is 2.42. The second-order valence-electron chi connectivity index (χ2n) is 6.26. The quantitative estimate of drug-likeness (QED) is 0.838. The van der Waals surface area contributed by atoms with Crippen LogP contribution < -0.4 is 5.73 Å². The fourth-order valence-electron chi connectivity index (χ4n) is 3.64. The lowest BCUT2D eigenvalue weighted by molar-refractivity contribution is -0.140. The van der Waals surface area contributed by atoms with Gasteiger partial charge >= 0.3 is 0 Å². The van der Waals surface area contributed by atoms with Gasteiger partial charge in [0.1, 0.15) is 4.21 Å². The summed E-state index contributed by atoms with van der Waals surface area (Å²) in [4.78, 5) is 14.9. The first-order valence-electron chi connectivity index (χ1n) is 7.99. The van der Waals surface area contributed by atoms with E-state index in [4.69, 9.17) is 5.73 Å². The predicted octanol–water partition coefficient (Wildman–Crippen LogP) is 1.44. The lowest BCUT2D eigenvalue weighted by Gasteiger charge is -2.46. The number of likely N-dealkylation sites (tertiary alicyclic amines) is 1. The standard InChI is InChI=1S/C15H23N3O3S2.ClH/c1-11-2-5-15(22-11)23(20,21)17-8-6-13-12(10-17)3-4-14(19)18(13)9-7-16;/h2,5,12-13H,3-4,6-10,16H2,1H3;1H/t12-,13+;/m0./s1. The van der Waals surface area contributed by atoms with Crippen LogP contribution in [0.1, 0.15) is 24.1 Å². The molecule has 0 spiro atoms. The summed E-state index contributed by atoms with van der Waals surface area (Å²) in [5.74, 6) is 0.366. The number of carbonyl (C=O) groups is 1. The van der Waals surface area contributed by atoms with Crippen LogP contribution in [-0.4, -0.2) is 55.8 Å². The number of nitrogens with zero attached hydrogens (tertiary/aromatic N) is 2. The second kappa shape index (κ2) is 7.70. The molecule has 2 atom stereocenters. The van der Waals surface area contributed by atoms with Gasteiger partial charge in [-0.1, -0.05) is 0 Å². The summed E-state index contributed by atoms with van der Waals surface area (Å²) in [5.41, 5.74) is 5.62. The molecule has 1 amide bonds. The highest BCUT2D eigenvalue weighted by molar-refractivity contribution is 7.91. The van der Waals surface area contributed by atoms with Crippen molar-refractivity contribution in [1.82, 2.24) is 9.21 Å². The van der Waals surface area contributed by atoms with Gasteiger partial charge in [0, 0.05) is 43.5 Å². The van der Waals surface area contributed by atoms with Gasteiger partial charge in [-0.25, -0.2) is 8.42 Å². The van der Waals surface area contributed by atoms with Gasteiger partial charge in [-0.2, -0.15) is 4.31 Å². The molecule has 0 radical (unpaired) electrons. The fraction of sp³-hybridized carbons (Fsp3) is 0.667. The Bertz CT molecular complexity index is 692. The minimum atomic E-state index is -3.41. The normalized spacial score (nSPS) is 25.2. The van der Waals surface area contributed by atoms with Crippen molar-refractivity contribution in [1.29, 1.82) is 0 Å². The van der Waals surface area contributed by atoms with Crippen molar-refractivity contribution in [3.8, 4) is 0 Å². The molecular formula is C15H24ClN3O3S2. The Morgan fingerprint density at radius 3 is 2.71 bits per heavy atom. The van der Waals surface area contributed by atoms with Crippen LogP contribution in [0, 0.1) is 12.8 Å². The van der Waals surface area contributed by atoms with Crippen molar-refractivity contribution in [2.24, 2.45) is 11.7 Å². The first-order valence-corrected chi connectivity index (χ1v) is 10.3. The van der Waals surface area contributed by atoms with Crippen molar-refractivity contribution in [2.75, 3.05) is 26.2 Å². The molecule has 2 N–H and O–H groups in total. The average molecular weight is 394 g/mol. The molecule has 0 saturated carbocycles. The molecule has 1 aromatic heterocycles. The molecule has 136 valence electrons. The smallest absolute Gasteiger partial charge is 0.252 e. The van der Waals surface area contributed by atoms with E-state index in [1.807, 2.05) is 17.9 Å². The van der Waals surface area contributed by atoms with Gasteiger partial charge in [0.25, 0.3) is 10.0 Å². The van der Waals surface area contributed by atoms with Crippen molar-refractivity contribution >= 4 is 39.7 Å². The zero-order valence-electron chi connectivity index (χ0n) is 13.7. The molecule has 6 nitrogen and oxygen atoms in total. The number of hydrogen-bond acceptors (Lipinski definition) is 5. The molecule has 2 saturated heterocycles. The summed E-state index contributed by atoms with van der Waals surface area (Å²) in [5, 5.41) is 0. The van der Waals surface area contributed by atoms with Gasteiger partial charge in [-0.05, 0) is 37.8 Å². The van der Waals surface area contributed by atoms with Crippen molar-refractivity contribution in [2.45, 2.75) is 36.4 Å². The Hall–Kier alpha value is -0.670. The van der Waals surface area contributed by atoms with E-state index in [1.54, 1.807) is 10.4 Å². The van der Waals surface area contributed by atoms with Crippen LogP contribution in [0.15, 0.2) is 16.3 Å². The molecule has 2 aliphatic rings. The molecule has 1 aromatic rings. The Morgan fingerprint density at radius 2 is 2.08 bits per heavy atom. The monoisotopic (exact) mass is 393 g/mol. The van der Waals surface area contributed by atoms with Crippen molar-refractivity contribution in [3.05, 3.63) is 17.0 Å². The highest BCUT2D eigenvalue weighted by atomic mass is 35.5. The summed E-state index contributed by atoms with van der Waals surface area (Å²) < 4.78 is 27.6. The summed E-state index contributed by atoms with van der Waals surface area (Å²) in [6.45, 7) is 3.89. The van der Waals surface area contributed by atoms with Gasteiger partial charge in [0.2, 0.25) is 5.91 Å². The maximum atomic E-state index is 12.8. The predicted molar refractivity (Wildman–Crippen MR) is 97.0 cm³/mol. The van der Waals surface area contributed by atoms with Crippen LogP contribution in [-0.2, 0) is 14.8 Å². The molecule has 24 heavy (non-hydrogen) atoms. The number of halogens is 1. The summed E-state index contributed by atoms with van der Waals surface area (Å²) in [6.07, 6.45) is 1.95. The van der Waals surface area contributed by atoms with E-state index in [2.05, 4.69) is 0 Å². The number of hydrogen-bond donors (Lipinski definition) is 1. The van der Waals surface area contributed by atoms with Gasteiger partial charge in [-0.3, -0.25) is 4.79 Å². The van der Waals surface area contributed by atoms with Crippen molar-refractivity contribution in [3.63, 3.8) is 0 Å². The average Bonchev–Trinajstić information content (AvgIpc) is 2.97. The van der Waals surface area contributed by atoms with E-state index < -0.39 is 10.0 Å². The maximum Gasteiger partial charge on any atom is 0.252 e. The molecule has 2 aliphatic heterocycles. The Morgan fingerprint density at radius 1 is 1.33 bits per heavy atom. The van der Waals surface area contributed by atoms with E-state index in [1.165, 1.54) is 11.3 Å². The molecule has 0 bridgehead atoms. The van der Waals surface area contributed by atoms with Crippen LogP contribution in [0.2, 0.25) is 0 Å². The van der Waals surface area contributed by atoms with Crippen LogP contribution in [0.4, 0.5) is 0 Å². The maximum absolute atomic E-state index is 12.8. The highest BCUT2D eigenvalue weighted by Crippen LogP contribution is 2.34. The summed E-state index contributed by atoms with van der Waals surface area (Å²) >= 11 is 1.32. The third-order valence-corrected chi connectivity index (χ3v) is 8.12. The number of nitrogens with two attached hydrogens (primary N) is 1. The number of aryl methyl sites for hydroxylation is 1. The molecule has 2 fully saturated rings.